The predicted molar refractivity (Wildman–Crippen MR) is 70.4 cm³/mol. The lowest BCUT2D eigenvalue weighted by atomic mass is 10.1. The van der Waals surface area contributed by atoms with E-state index in [1.165, 1.54) is 0 Å². The Hall–Kier alpha value is -2.28. The number of morpholine rings is 1. The maximum absolute atomic E-state index is 12.0. The summed E-state index contributed by atoms with van der Waals surface area (Å²) in [5.41, 5.74) is 6.55. The number of rotatable bonds is 2. The number of benzene rings is 1. The van der Waals surface area contributed by atoms with Gasteiger partial charge in [0.05, 0.1) is 18.9 Å². The molecule has 19 heavy (non-hydrogen) atoms. The molecule has 0 bridgehead atoms. The quantitative estimate of drug-likeness (QED) is 0.316. The summed E-state index contributed by atoms with van der Waals surface area (Å²) in [7, 11) is 0. The van der Waals surface area contributed by atoms with E-state index in [0.29, 0.717) is 37.6 Å². The van der Waals surface area contributed by atoms with Crippen molar-refractivity contribution in [3.8, 4) is 0 Å². The van der Waals surface area contributed by atoms with Crippen molar-refractivity contribution in [1.82, 2.24) is 4.90 Å². The number of amides is 2. The van der Waals surface area contributed by atoms with Crippen molar-refractivity contribution in [2.24, 2.45) is 10.9 Å². The Morgan fingerprint density at radius 3 is 2.74 bits per heavy atom. The first-order valence-corrected chi connectivity index (χ1v) is 5.93. The molecule has 0 aromatic heterocycles. The number of anilines is 1. The number of oxime groups is 1. The van der Waals surface area contributed by atoms with Crippen molar-refractivity contribution < 1.29 is 14.7 Å². The highest BCUT2D eigenvalue weighted by atomic mass is 16.5. The second-order valence-corrected chi connectivity index (χ2v) is 4.06. The van der Waals surface area contributed by atoms with Crippen LogP contribution in [0, 0.1) is 0 Å². The second-order valence-electron chi connectivity index (χ2n) is 4.06. The van der Waals surface area contributed by atoms with Gasteiger partial charge < -0.3 is 25.9 Å². The highest BCUT2D eigenvalue weighted by Gasteiger charge is 2.18. The van der Waals surface area contributed by atoms with Crippen molar-refractivity contribution in [1.29, 1.82) is 0 Å². The number of carbonyl (C=O) groups excluding carboxylic acids is 1. The molecular weight excluding hydrogens is 248 g/mol. The lowest BCUT2D eigenvalue weighted by molar-refractivity contribution is 0.0564. The third-order valence-corrected chi connectivity index (χ3v) is 2.85. The van der Waals surface area contributed by atoms with Gasteiger partial charge in [-0.25, -0.2) is 4.79 Å². The Morgan fingerprint density at radius 1 is 1.37 bits per heavy atom. The van der Waals surface area contributed by atoms with Gasteiger partial charge in [-0.1, -0.05) is 17.3 Å². The molecule has 0 unspecified atom stereocenters. The van der Waals surface area contributed by atoms with Crippen LogP contribution in [0.3, 0.4) is 0 Å². The summed E-state index contributed by atoms with van der Waals surface area (Å²) in [5.74, 6) is -0.0436. The van der Waals surface area contributed by atoms with Gasteiger partial charge >= 0.3 is 6.03 Å². The molecule has 0 radical (unpaired) electrons. The fraction of sp³-hybridized carbons (Fsp3) is 0.333. The number of urea groups is 1. The van der Waals surface area contributed by atoms with Crippen LogP contribution in [0.25, 0.3) is 0 Å². The van der Waals surface area contributed by atoms with Gasteiger partial charge in [0.25, 0.3) is 0 Å². The van der Waals surface area contributed by atoms with Crippen LogP contribution in [0.1, 0.15) is 5.56 Å². The largest absolute Gasteiger partial charge is 0.409 e. The van der Waals surface area contributed by atoms with Crippen LogP contribution < -0.4 is 11.1 Å². The minimum atomic E-state index is -0.221. The number of nitrogens with one attached hydrogen (secondary N) is 1. The zero-order chi connectivity index (χ0) is 13.7. The number of hydrogen-bond acceptors (Lipinski definition) is 4. The van der Waals surface area contributed by atoms with Gasteiger partial charge in [-0.15, -0.1) is 0 Å². The van der Waals surface area contributed by atoms with Gasteiger partial charge in [-0.05, 0) is 12.1 Å². The van der Waals surface area contributed by atoms with Crippen molar-refractivity contribution >= 4 is 17.6 Å². The summed E-state index contributed by atoms with van der Waals surface area (Å²) >= 11 is 0. The van der Waals surface area contributed by atoms with E-state index in [1.54, 1.807) is 29.2 Å². The molecule has 1 heterocycles. The highest BCUT2D eigenvalue weighted by Crippen LogP contribution is 2.15. The van der Waals surface area contributed by atoms with Crippen molar-refractivity contribution in [3.05, 3.63) is 29.8 Å². The van der Waals surface area contributed by atoms with Crippen LogP contribution in [-0.4, -0.2) is 48.3 Å². The fourth-order valence-corrected chi connectivity index (χ4v) is 1.83. The molecule has 0 atom stereocenters. The normalized spacial score (nSPS) is 16.2. The first-order chi connectivity index (χ1) is 9.22. The molecule has 1 aliphatic rings. The molecule has 1 aliphatic heterocycles. The van der Waals surface area contributed by atoms with Crippen LogP contribution in [0.15, 0.2) is 29.4 Å². The van der Waals surface area contributed by atoms with Gasteiger partial charge in [0.1, 0.15) is 0 Å². The molecule has 1 aromatic rings. The Labute approximate surface area is 110 Å². The van der Waals surface area contributed by atoms with Gasteiger partial charge in [-0.2, -0.15) is 0 Å². The molecule has 2 amide bonds. The fourth-order valence-electron chi connectivity index (χ4n) is 1.83. The second kappa shape index (κ2) is 6.05. The van der Waals surface area contributed by atoms with Crippen molar-refractivity contribution in [2.45, 2.75) is 0 Å². The third-order valence-electron chi connectivity index (χ3n) is 2.85. The van der Waals surface area contributed by atoms with E-state index >= 15 is 0 Å². The maximum Gasteiger partial charge on any atom is 0.322 e. The molecule has 0 aliphatic carbocycles. The Bertz CT molecular complexity index is 484. The van der Waals surface area contributed by atoms with E-state index in [0.717, 1.165) is 0 Å². The van der Waals surface area contributed by atoms with Crippen LogP contribution >= 0.6 is 0 Å². The number of nitrogens with zero attached hydrogens (tertiary/aromatic N) is 2. The molecule has 7 nitrogen and oxygen atoms in total. The smallest absolute Gasteiger partial charge is 0.322 e. The van der Waals surface area contributed by atoms with Gasteiger partial charge in [0.2, 0.25) is 0 Å². The number of ether oxygens (including phenoxy) is 1. The minimum absolute atomic E-state index is 0.0436. The average Bonchev–Trinajstić information content (AvgIpc) is 2.48. The topological polar surface area (TPSA) is 100 Å². The minimum Gasteiger partial charge on any atom is -0.409 e. The number of para-hydroxylation sites is 1. The van der Waals surface area contributed by atoms with E-state index in [1.807, 2.05) is 0 Å². The van der Waals surface area contributed by atoms with E-state index in [9.17, 15) is 4.79 Å². The summed E-state index contributed by atoms with van der Waals surface area (Å²) in [4.78, 5) is 13.7. The Morgan fingerprint density at radius 2 is 2.05 bits per heavy atom. The zero-order valence-electron chi connectivity index (χ0n) is 10.4. The van der Waals surface area contributed by atoms with Crippen molar-refractivity contribution in [2.75, 3.05) is 31.6 Å². The SMILES string of the molecule is NC(=NO)c1ccccc1NC(=O)N1CCOCC1. The summed E-state index contributed by atoms with van der Waals surface area (Å²) in [6, 6.07) is 6.66. The van der Waals surface area contributed by atoms with E-state index in [-0.39, 0.29) is 11.9 Å². The molecule has 0 saturated carbocycles. The summed E-state index contributed by atoms with van der Waals surface area (Å²) in [6.45, 7) is 2.18. The van der Waals surface area contributed by atoms with Crippen LogP contribution in [0.4, 0.5) is 10.5 Å². The lowest BCUT2D eigenvalue weighted by Gasteiger charge is -2.27. The molecule has 4 N–H and O–H groups in total. The monoisotopic (exact) mass is 264 g/mol. The summed E-state index contributed by atoms with van der Waals surface area (Å²) in [6.07, 6.45) is 0. The molecule has 0 spiro atoms. The summed E-state index contributed by atoms with van der Waals surface area (Å²) < 4.78 is 5.19. The first kappa shape index (κ1) is 13.2. The molecular formula is C12H16N4O3. The molecule has 2 rings (SSSR count). The molecule has 1 fully saturated rings. The first-order valence-electron chi connectivity index (χ1n) is 5.93. The standard InChI is InChI=1S/C12H16N4O3/c13-11(15-18)9-3-1-2-4-10(9)14-12(17)16-5-7-19-8-6-16/h1-4,18H,5-8H2,(H2,13,15)(H,14,17). The predicted octanol–water partition coefficient (Wildman–Crippen LogP) is 0.645. The molecule has 1 saturated heterocycles. The molecule has 102 valence electrons. The van der Waals surface area contributed by atoms with Crippen LogP contribution in [-0.2, 0) is 4.74 Å². The van der Waals surface area contributed by atoms with E-state index < -0.39 is 0 Å². The number of amidine groups is 1. The van der Waals surface area contributed by atoms with Crippen LogP contribution in [0.2, 0.25) is 0 Å². The summed E-state index contributed by atoms with van der Waals surface area (Å²) in [5, 5.41) is 14.4. The zero-order valence-corrected chi connectivity index (χ0v) is 10.4. The third kappa shape index (κ3) is 3.14. The number of hydrogen-bond donors (Lipinski definition) is 3. The number of carbonyl (C=O) groups is 1. The molecule has 1 aromatic carbocycles. The van der Waals surface area contributed by atoms with Gasteiger partial charge in [0, 0.05) is 18.7 Å². The van der Waals surface area contributed by atoms with Crippen LogP contribution in [0.5, 0.6) is 0 Å². The van der Waals surface area contributed by atoms with Crippen molar-refractivity contribution in [3.63, 3.8) is 0 Å². The Balaban J connectivity index is 2.12. The van der Waals surface area contributed by atoms with E-state index in [4.69, 9.17) is 15.7 Å². The highest BCUT2D eigenvalue weighted by molar-refractivity contribution is 6.05. The Kier molecular flexibility index (Phi) is 4.19. The number of nitrogens with two attached hydrogens (primary N) is 1. The van der Waals surface area contributed by atoms with Gasteiger partial charge in [0.15, 0.2) is 5.84 Å². The lowest BCUT2D eigenvalue weighted by Crippen LogP contribution is -2.43. The molecule has 7 heteroatoms. The van der Waals surface area contributed by atoms with Gasteiger partial charge in [-0.3, -0.25) is 0 Å². The maximum atomic E-state index is 12.0. The average molecular weight is 264 g/mol. The van der Waals surface area contributed by atoms with E-state index in [2.05, 4.69) is 10.5 Å².